The third-order valence-electron chi connectivity index (χ3n) is 2.41. The van der Waals surface area contributed by atoms with Crippen LogP contribution < -0.4 is 10.1 Å². The number of aliphatic carboxylic acids is 1. The lowest BCUT2D eigenvalue weighted by Crippen LogP contribution is -2.21. The molecule has 74 valence electrons. The van der Waals surface area contributed by atoms with Crippen molar-refractivity contribution in [3.8, 4) is 5.75 Å². The molecule has 0 amide bonds. The number of benzene rings is 1. The summed E-state index contributed by atoms with van der Waals surface area (Å²) in [6.07, 6.45) is 0. The van der Waals surface area contributed by atoms with Crippen LogP contribution in [0.25, 0.3) is 0 Å². The molecule has 4 nitrogen and oxygen atoms in total. The minimum Gasteiger partial charge on any atom is -0.496 e. The lowest BCUT2D eigenvalue weighted by molar-refractivity contribution is -0.139. The lowest BCUT2D eigenvalue weighted by Gasteiger charge is -2.10. The van der Waals surface area contributed by atoms with Crippen LogP contribution in [0, 0.1) is 0 Å². The molecule has 0 radical (unpaired) electrons. The van der Waals surface area contributed by atoms with Gasteiger partial charge in [-0.05, 0) is 11.6 Å². The minimum absolute atomic E-state index is 0.587. The van der Waals surface area contributed by atoms with Gasteiger partial charge in [0.25, 0.3) is 0 Å². The van der Waals surface area contributed by atoms with E-state index in [0.29, 0.717) is 12.3 Å². The normalized spacial score (nSPS) is 19.1. The smallest absolute Gasteiger partial charge is 0.325 e. The van der Waals surface area contributed by atoms with Crippen LogP contribution in [0.3, 0.4) is 0 Å². The maximum absolute atomic E-state index is 10.9. The van der Waals surface area contributed by atoms with Crippen LogP contribution in [0.15, 0.2) is 18.2 Å². The first-order valence-corrected chi connectivity index (χ1v) is 4.36. The summed E-state index contributed by atoms with van der Waals surface area (Å²) >= 11 is 0. The van der Waals surface area contributed by atoms with Gasteiger partial charge in [0.2, 0.25) is 0 Å². The highest BCUT2D eigenvalue weighted by Crippen LogP contribution is 2.33. The third-order valence-corrected chi connectivity index (χ3v) is 2.41. The molecule has 2 N–H and O–H groups in total. The van der Waals surface area contributed by atoms with Crippen LogP contribution in [-0.4, -0.2) is 18.2 Å². The van der Waals surface area contributed by atoms with Crippen LogP contribution in [0.5, 0.6) is 5.75 Å². The first-order chi connectivity index (χ1) is 6.74. The van der Waals surface area contributed by atoms with E-state index in [0.717, 1.165) is 11.1 Å². The van der Waals surface area contributed by atoms with Gasteiger partial charge in [-0.3, -0.25) is 10.1 Å². The maximum atomic E-state index is 10.9. The number of methoxy groups -OCH3 is 1. The van der Waals surface area contributed by atoms with Crippen molar-refractivity contribution in [3.05, 3.63) is 29.3 Å². The molecule has 0 aromatic heterocycles. The zero-order valence-electron chi connectivity index (χ0n) is 7.78. The van der Waals surface area contributed by atoms with Gasteiger partial charge in [0.05, 0.1) is 7.11 Å². The van der Waals surface area contributed by atoms with Crippen molar-refractivity contribution in [2.24, 2.45) is 0 Å². The highest BCUT2D eigenvalue weighted by Gasteiger charge is 2.30. The van der Waals surface area contributed by atoms with Gasteiger partial charge in [0.1, 0.15) is 11.8 Å². The van der Waals surface area contributed by atoms with Crippen molar-refractivity contribution in [1.82, 2.24) is 5.32 Å². The quantitative estimate of drug-likeness (QED) is 0.733. The Morgan fingerprint density at radius 3 is 3.07 bits per heavy atom. The van der Waals surface area contributed by atoms with E-state index in [1.54, 1.807) is 13.2 Å². The fraction of sp³-hybridized carbons (Fsp3) is 0.300. The molecular weight excluding hydrogens is 182 g/mol. The Hall–Kier alpha value is -1.55. The predicted octanol–water partition coefficient (Wildman–Crippen LogP) is 0.924. The average molecular weight is 193 g/mol. The molecule has 1 aliphatic rings. The van der Waals surface area contributed by atoms with Crippen LogP contribution in [-0.2, 0) is 11.3 Å². The monoisotopic (exact) mass is 193 g/mol. The summed E-state index contributed by atoms with van der Waals surface area (Å²) in [7, 11) is 1.55. The number of rotatable bonds is 2. The van der Waals surface area contributed by atoms with Crippen molar-refractivity contribution in [3.63, 3.8) is 0 Å². The molecular formula is C10H11NO3. The standard InChI is InChI=1S/C10H11NO3/c1-14-7-4-2-3-6-5-11-9(8(6)7)10(12)13/h2-4,9,11H,5H2,1H3,(H,12,13)/t9-/m1/s1. The summed E-state index contributed by atoms with van der Waals surface area (Å²) in [5.41, 5.74) is 1.75. The van der Waals surface area contributed by atoms with E-state index in [4.69, 9.17) is 9.84 Å². The molecule has 0 spiro atoms. The van der Waals surface area contributed by atoms with Gasteiger partial charge >= 0.3 is 5.97 Å². The Morgan fingerprint density at radius 1 is 1.64 bits per heavy atom. The van der Waals surface area contributed by atoms with Crippen LogP contribution >= 0.6 is 0 Å². The van der Waals surface area contributed by atoms with Gasteiger partial charge in [0, 0.05) is 12.1 Å². The second-order valence-corrected chi connectivity index (χ2v) is 3.19. The predicted molar refractivity (Wildman–Crippen MR) is 50.2 cm³/mol. The van der Waals surface area contributed by atoms with Crippen molar-refractivity contribution < 1.29 is 14.6 Å². The summed E-state index contributed by atoms with van der Waals surface area (Å²) in [6.45, 7) is 0.587. The first-order valence-electron chi connectivity index (χ1n) is 4.36. The molecule has 1 aliphatic heterocycles. The van der Waals surface area contributed by atoms with Crippen molar-refractivity contribution in [1.29, 1.82) is 0 Å². The summed E-state index contributed by atoms with van der Waals surface area (Å²) < 4.78 is 5.13. The number of carbonyl (C=O) groups is 1. The third kappa shape index (κ3) is 1.24. The Balaban J connectivity index is 2.50. The molecule has 1 heterocycles. The van der Waals surface area contributed by atoms with E-state index < -0.39 is 12.0 Å². The number of hydrogen-bond donors (Lipinski definition) is 2. The van der Waals surface area contributed by atoms with Crippen LogP contribution in [0.1, 0.15) is 17.2 Å². The fourth-order valence-corrected chi connectivity index (χ4v) is 1.77. The Morgan fingerprint density at radius 2 is 2.43 bits per heavy atom. The van der Waals surface area contributed by atoms with E-state index in [1.165, 1.54) is 0 Å². The van der Waals surface area contributed by atoms with Gasteiger partial charge in [-0.1, -0.05) is 12.1 Å². The number of carboxylic acids is 1. The van der Waals surface area contributed by atoms with Crippen LogP contribution in [0.4, 0.5) is 0 Å². The van der Waals surface area contributed by atoms with E-state index in [9.17, 15) is 4.79 Å². The van der Waals surface area contributed by atoms with E-state index >= 15 is 0 Å². The SMILES string of the molecule is COc1cccc2c1[C@H](C(=O)O)NC2. The van der Waals surface area contributed by atoms with E-state index in [-0.39, 0.29) is 0 Å². The van der Waals surface area contributed by atoms with Gasteiger partial charge in [-0.15, -0.1) is 0 Å². The molecule has 2 rings (SSSR count). The molecule has 0 fully saturated rings. The van der Waals surface area contributed by atoms with Crippen molar-refractivity contribution in [2.45, 2.75) is 12.6 Å². The highest BCUT2D eigenvalue weighted by molar-refractivity contribution is 5.78. The maximum Gasteiger partial charge on any atom is 0.325 e. The number of hydrogen-bond acceptors (Lipinski definition) is 3. The van der Waals surface area contributed by atoms with Crippen LogP contribution in [0.2, 0.25) is 0 Å². The highest BCUT2D eigenvalue weighted by atomic mass is 16.5. The number of fused-ring (bicyclic) bond motifs is 1. The van der Waals surface area contributed by atoms with E-state index in [2.05, 4.69) is 5.32 Å². The molecule has 0 bridgehead atoms. The fourth-order valence-electron chi connectivity index (χ4n) is 1.77. The molecule has 0 saturated carbocycles. The molecule has 4 heteroatoms. The Kier molecular flexibility index (Phi) is 2.13. The average Bonchev–Trinajstić information content (AvgIpc) is 2.60. The molecule has 14 heavy (non-hydrogen) atoms. The molecule has 1 aromatic rings. The van der Waals surface area contributed by atoms with Gasteiger partial charge in [0.15, 0.2) is 0 Å². The largest absolute Gasteiger partial charge is 0.496 e. The molecule has 1 aromatic carbocycles. The minimum atomic E-state index is -0.867. The second kappa shape index (κ2) is 3.31. The number of carboxylic acid groups (broad SMARTS) is 1. The molecule has 0 saturated heterocycles. The van der Waals surface area contributed by atoms with Gasteiger partial charge in [-0.2, -0.15) is 0 Å². The van der Waals surface area contributed by atoms with E-state index in [1.807, 2.05) is 12.1 Å². The zero-order chi connectivity index (χ0) is 10.1. The summed E-state index contributed by atoms with van der Waals surface area (Å²) in [5, 5.41) is 11.9. The summed E-state index contributed by atoms with van der Waals surface area (Å²) in [4.78, 5) is 10.9. The molecule has 0 aliphatic carbocycles. The van der Waals surface area contributed by atoms with Crippen molar-refractivity contribution >= 4 is 5.97 Å². The second-order valence-electron chi connectivity index (χ2n) is 3.19. The summed E-state index contributed by atoms with van der Waals surface area (Å²) in [6, 6.07) is 4.92. The van der Waals surface area contributed by atoms with Gasteiger partial charge < -0.3 is 9.84 Å². The number of ether oxygens (including phenoxy) is 1. The number of nitrogens with one attached hydrogen (secondary N) is 1. The Bertz CT molecular complexity index is 376. The van der Waals surface area contributed by atoms with Crippen molar-refractivity contribution in [2.75, 3.05) is 7.11 Å². The Labute approximate surface area is 81.5 Å². The molecule has 0 unspecified atom stereocenters. The topological polar surface area (TPSA) is 58.6 Å². The first kappa shape index (κ1) is 9.02. The molecule has 1 atom stereocenters. The van der Waals surface area contributed by atoms with Gasteiger partial charge in [-0.25, -0.2) is 0 Å². The zero-order valence-corrected chi connectivity index (χ0v) is 7.78. The lowest BCUT2D eigenvalue weighted by atomic mass is 10.0. The summed E-state index contributed by atoms with van der Waals surface area (Å²) in [5.74, 6) is -0.229.